The third kappa shape index (κ3) is 2.93. The average molecular weight is 300 g/mol. The van der Waals surface area contributed by atoms with Crippen molar-refractivity contribution >= 4 is 17.3 Å². The van der Waals surface area contributed by atoms with E-state index >= 15 is 0 Å². The number of aromatic carboxylic acids is 1. The quantitative estimate of drug-likeness (QED) is 0.619. The van der Waals surface area contributed by atoms with Gasteiger partial charge in [0.25, 0.3) is 5.69 Å². The van der Waals surface area contributed by atoms with E-state index in [0.717, 1.165) is 6.07 Å². The van der Waals surface area contributed by atoms with Crippen LogP contribution in [0.4, 0.5) is 15.8 Å². The smallest absolute Gasteiger partial charge is 0.338 e. The molecule has 0 aromatic heterocycles. The van der Waals surface area contributed by atoms with Gasteiger partial charge in [-0.3, -0.25) is 10.1 Å². The van der Waals surface area contributed by atoms with Crippen molar-refractivity contribution in [3.63, 3.8) is 0 Å². The van der Waals surface area contributed by atoms with Crippen molar-refractivity contribution < 1.29 is 29.1 Å². The van der Waals surface area contributed by atoms with Crippen LogP contribution in [0.15, 0.2) is 12.1 Å². The van der Waals surface area contributed by atoms with E-state index in [4.69, 9.17) is 9.84 Å². The van der Waals surface area contributed by atoms with Gasteiger partial charge in [0.05, 0.1) is 42.4 Å². The van der Waals surface area contributed by atoms with Crippen LogP contribution in [0.3, 0.4) is 0 Å². The van der Waals surface area contributed by atoms with Gasteiger partial charge >= 0.3 is 5.97 Å². The number of nitro benzene ring substituents is 1. The molecule has 0 aliphatic carbocycles. The van der Waals surface area contributed by atoms with Crippen molar-refractivity contribution in [1.82, 2.24) is 0 Å². The van der Waals surface area contributed by atoms with Crippen molar-refractivity contribution in [3.8, 4) is 0 Å². The van der Waals surface area contributed by atoms with Gasteiger partial charge in [-0.15, -0.1) is 0 Å². The van der Waals surface area contributed by atoms with Crippen LogP contribution in [0.25, 0.3) is 0 Å². The molecule has 1 aromatic rings. The maximum Gasteiger partial charge on any atom is 0.338 e. The first-order chi connectivity index (χ1) is 9.95. The van der Waals surface area contributed by atoms with Crippen molar-refractivity contribution in [2.75, 3.05) is 31.3 Å². The number of nitro groups is 1. The normalized spacial score (nSPS) is 18.6. The van der Waals surface area contributed by atoms with E-state index in [1.54, 1.807) is 0 Å². The summed E-state index contributed by atoms with van der Waals surface area (Å²) in [6.45, 7) is 0.328. The number of morpholine rings is 1. The van der Waals surface area contributed by atoms with E-state index in [-0.39, 0.29) is 32.1 Å². The summed E-state index contributed by atoms with van der Waals surface area (Å²) in [5.41, 5.74) is -1.24. The van der Waals surface area contributed by atoms with E-state index in [9.17, 15) is 24.4 Å². The highest BCUT2D eigenvalue weighted by molar-refractivity contribution is 5.90. The summed E-state index contributed by atoms with van der Waals surface area (Å²) >= 11 is 0. The molecule has 114 valence electrons. The number of halogens is 1. The SMILES string of the molecule is O=C(O)c1cc(N2CCOCC2CO)c([N+](=O)[O-])cc1F. The van der Waals surface area contributed by atoms with Crippen LogP contribution >= 0.6 is 0 Å². The molecule has 1 aromatic carbocycles. The lowest BCUT2D eigenvalue weighted by molar-refractivity contribution is -0.384. The van der Waals surface area contributed by atoms with Gasteiger partial charge in [-0.05, 0) is 6.07 Å². The summed E-state index contributed by atoms with van der Waals surface area (Å²) in [5.74, 6) is -2.69. The molecule has 1 aliphatic rings. The molecule has 0 radical (unpaired) electrons. The van der Waals surface area contributed by atoms with Crippen molar-refractivity contribution in [1.29, 1.82) is 0 Å². The molecule has 0 saturated carbocycles. The molecule has 1 heterocycles. The summed E-state index contributed by atoms with van der Waals surface area (Å²) in [6.07, 6.45) is 0. The highest BCUT2D eigenvalue weighted by atomic mass is 19.1. The fourth-order valence-corrected chi connectivity index (χ4v) is 2.21. The molecule has 8 nitrogen and oxygen atoms in total. The number of carboxylic acids is 1. The van der Waals surface area contributed by atoms with Gasteiger partial charge in [-0.2, -0.15) is 0 Å². The van der Waals surface area contributed by atoms with Gasteiger partial charge in [-0.1, -0.05) is 0 Å². The Kier molecular flexibility index (Phi) is 4.34. The Balaban J connectivity index is 2.55. The highest BCUT2D eigenvalue weighted by Crippen LogP contribution is 2.33. The zero-order valence-electron chi connectivity index (χ0n) is 10.9. The average Bonchev–Trinajstić information content (AvgIpc) is 2.46. The number of carbonyl (C=O) groups is 1. The molecule has 2 rings (SSSR count). The van der Waals surface area contributed by atoms with Crippen molar-refractivity contribution in [2.24, 2.45) is 0 Å². The zero-order valence-corrected chi connectivity index (χ0v) is 10.9. The topological polar surface area (TPSA) is 113 Å². The minimum absolute atomic E-state index is 0.0406. The number of benzene rings is 1. The van der Waals surface area contributed by atoms with Crippen LogP contribution in [0.5, 0.6) is 0 Å². The first-order valence-electron chi connectivity index (χ1n) is 6.12. The van der Waals surface area contributed by atoms with Gasteiger partial charge in [0, 0.05) is 6.54 Å². The number of hydrogen-bond acceptors (Lipinski definition) is 6. The fraction of sp³-hybridized carbons (Fsp3) is 0.417. The summed E-state index contributed by atoms with van der Waals surface area (Å²) in [5, 5.41) is 29.3. The maximum atomic E-state index is 13.6. The van der Waals surface area contributed by atoms with Crippen LogP contribution < -0.4 is 4.90 Å². The summed E-state index contributed by atoms with van der Waals surface area (Å²) in [6, 6.07) is 0.955. The first kappa shape index (κ1) is 15.1. The van der Waals surface area contributed by atoms with Gasteiger partial charge in [-0.25, -0.2) is 9.18 Å². The number of aliphatic hydroxyl groups excluding tert-OH is 1. The lowest BCUT2D eigenvalue weighted by Crippen LogP contribution is -2.48. The van der Waals surface area contributed by atoms with E-state index in [1.165, 1.54) is 4.90 Å². The van der Waals surface area contributed by atoms with Gasteiger partial charge in [0.15, 0.2) is 0 Å². The van der Waals surface area contributed by atoms with E-state index in [0.29, 0.717) is 6.07 Å². The lowest BCUT2D eigenvalue weighted by Gasteiger charge is -2.36. The molecule has 0 bridgehead atoms. The van der Waals surface area contributed by atoms with Crippen LogP contribution in [0, 0.1) is 15.9 Å². The summed E-state index contributed by atoms with van der Waals surface area (Å²) in [4.78, 5) is 22.7. The summed E-state index contributed by atoms with van der Waals surface area (Å²) < 4.78 is 18.8. The van der Waals surface area contributed by atoms with Crippen LogP contribution in [0.2, 0.25) is 0 Å². The largest absolute Gasteiger partial charge is 0.478 e. The number of aliphatic hydroxyl groups is 1. The second-order valence-corrected chi connectivity index (χ2v) is 4.49. The Bertz CT molecular complexity index is 579. The Labute approximate surface area is 118 Å². The molecular weight excluding hydrogens is 287 g/mol. The van der Waals surface area contributed by atoms with Crippen molar-refractivity contribution in [2.45, 2.75) is 6.04 Å². The molecule has 0 amide bonds. The number of rotatable bonds is 4. The fourth-order valence-electron chi connectivity index (χ4n) is 2.21. The number of nitrogens with zero attached hydrogens (tertiary/aromatic N) is 2. The van der Waals surface area contributed by atoms with Crippen LogP contribution in [-0.4, -0.2) is 53.5 Å². The summed E-state index contributed by atoms with van der Waals surface area (Å²) in [7, 11) is 0. The van der Waals surface area contributed by atoms with Crippen LogP contribution in [-0.2, 0) is 4.74 Å². The molecule has 21 heavy (non-hydrogen) atoms. The van der Waals surface area contributed by atoms with E-state index in [1.807, 2.05) is 0 Å². The van der Waals surface area contributed by atoms with Gasteiger partial charge < -0.3 is 19.8 Å². The molecule has 0 spiro atoms. The minimum atomic E-state index is -1.52. The molecule has 2 N–H and O–H groups in total. The lowest BCUT2D eigenvalue weighted by atomic mass is 10.1. The monoisotopic (exact) mass is 300 g/mol. The molecule has 1 atom stereocenters. The van der Waals surface area contributed by atoms with E-state index in [2.05, 4.69) is 0 Å². The minimum Gasteiger partial charge on any atom is -0.478 e. The number of hydrogen-bond donors (Lipinski definition) is 2. The second kappa shape index (κ2) is 6.02. The molecule has 1 unspecified atom stereocenters. The molecule has 1 saturated heterocycles. The second-order valence-electron chi connectivity index (χ2n) is 4.49. The molecule has 1 fully saturated rings. The van der Waals surface area contributed by atoms with Crippen molar-refractivity contribution in [3.05, 3.63) is 33.6 Å². The number of ether oxygens (including phenoxy) is 1. The molecular formula is C12H13FN2O6. The third-order valence-corrected chi connectivity index (χ3v) is 3.24. The Morgan fingerprint density at radius 3 is 2.86 bits per heavy atom. The predicted molar refractivity (Wildman–Crippen MR) is 69.1 cm³/mol. The van der Waals surface area contributed by atoms with Gasteiger partial charge in [0.2, 0.25) is 0 Å². The molecule has 1 aliphatic heterocycles. The van der Waals surface area contributed by atoms with Crippen LogP contribution in [0.1, 0.15) is 10.4 Å². The van der Waals surface area contributed by atoms with Gasteiger partial charge in [0.1, 0.15) is 11.5 Å². The Morgan fingerprint density at radius 2 is 2.29 bits per heavy atom. The maximum absolute atomic E-state index is 13.6. The predicted octanol–water partition coefficient (Wildman–Crippen LogP) is 0.630. The standard InChI is InChI=1S/C12H13FN2O6/c13-9-4-11(15(19)20)10(3-8(9)12(17)18)14-1-2-21-6-7(14)5-16/h3-4,7,16H,1-2,5-6H2,(H,17,18). The highest BCUT2D eigenvalue weighted by Gasteiger charge is 2.30. The Morgan fingerprint density at radius 1 is 1.57 bits per heavy atom. The number of anilines is 1. The molecule has 9 heteroatoms. The number of carboxylic acid groups (broad SMARTS) is 1. The first-order valence-corrected chi connectivity index (χ1v) is 6.12. The van der Waals surface area contributed by atoms with E-state index < -0.39 is 34.0 Å². The zero-order chi connectivity index (χ0) is 15.6. The third-order valence-electron chi connectivity index (χ3n) is 3.24. The Hall–Kier alpha value is -2.26.